The molecule has 1 aliphatic rings. The maximum absolute atomic E-state index is 14.0. The minimum Gasteiger partial charge on any atom is -0.481 e. The first-order valence-corrected chi connectivity index (χ1v) is 19.5. The number of pyridine rings is 1. The number of carbonyl (C=O) groups is 2. The van der Waals surface area contributed by atoms with Crippen molar-refractivity contribution in [1.82, 2.24) is 14.8 Å². The SMILES string of the molecule is COc1cccc(CN(C)C(=O)c2ccc(CC3CCC([C@H](O[Si](C)(C)C(C)(C)C)c4ccccc4)N3C(=O)OC(C)(C)C)cc2)n1. The van der Waals surface area contributed by atoms with E-state index in [9.17, 15) is 9.59 Å². The number of aromatic nitrogens is 1. The van der Waals surface area contributed by atoms with Crippen LogP contribution < -0.4 is 4.74 Å². The molecule has 2 amide bonds. The van der Waals surface area contributed by atoms with Crippen molar-refractivity contribution in [1.29, 1.82) is 0 Å². The Hall–Kier alpha value is -3.69. The van der Waals surface area contributed by atoms with E-state index in [-0.39, 0.29) is 35.2 Å². The lowest BCUT2D eigenvalue weighted by atomic mass is 10.0. The van der Waals surface area contributed by atoms with Gasteiger partial charge in [0, 0.05) is 24.7 Å². The Balaban J connectivity index is 1.57. The van der Waals surface area contributed by atoms with Crippen LogP contribution in [0.1, 0.15) is 87.7 Å². The molecule has 1 saturated heterocycles. The molecule has 3 atom stereocenters. The first-order valence-electron chi connectivity index (χ1n) is 16.6. The summed E-state index contributed by atoms with van der Waals surface area (Å²) in [7, 11) is 1.14. The summed E-state index contributed by atoms with van der Waals surface area (Å²) in [5.41, 5.74) is 2.85. The molecule has 0 bridgehead atoms. The van der Waals surface area contributed by atoms with Crippen molar-refractivity contribution in [3.05, 3.63) is 95.2 Å². The average molecular weight is 660 g/mol. The minimum atomic E-state index is -2.21. The lowest BCUT2D eigenvalue weighted by Gasteiger charge is -2.43. The molecule has 2 heterocycles. The van der Waals surface area contributed by atoms with Crippen LogP contribution in [-0.4, -0.2) is 66.9 Å². The van der Waals surface area contributed by atoms with Crippen LogP contribution in [0.25, 0.3) is 0 Å². The molecule has 8 nitrogen and oxygen atoms in total. The number of carbonyl (C=O) groups excluding carboxylic acids is 2. The smallest absolute Gasteiger partial charge is 0.410 e. The van der Waals surface area contributed by atoms with Crippen LogP contribution in [0.3, 0.4) is 0 Å². The summed E-state index contributed by atoms with van der Waals surface area (Å²) in [4.78, 5) is 35.3. The highest BCUT2D eigenvalue weighted by Gasteiger charge is 2.47. The molecule has 0 spiro atoms. The topological polar surface area (TPSA) is 81.2 Å². The Morgan fingerprint density at radius 3 is 2.19 bits per heavy atom. The van der Waals surface area contributed by atoms with E-state index >= 15 is 0 Å². The van der Waals surface area contributed by atoms with Crippen molar-refractivity contribution >= 4 is 20.3 Å². The number of benzene rings is 2. The van der Waals surface area contributed by atoms with Gasteiger partial charge >= 0.3 is 6.09 Å². The Labute approximate surface area is 282 Å². The molecule has 4 rings (SSSR count). The fourth-order valence-corrected chi connectivity index (χ4v) is 7.05. The molecule has 1 aromatic heterocycles. The molecular weight excluding hydrogens is 607 g/mol. The summed E-state index contributed by atoms with van der Waals surface area (Å²) in [6, 6.07) is 23.3. The molecule has 47 heavy (non-hydrogen) atoms. The zero-order valence-corrected chi connectivity index (χ0v) is 30.9. The third-order valence-corrected chi connectivity index (χ3v) is 13.7. The van der Waals surface area contributed by atoms with Gasteiger partial charge in [-0.2, -0.15) is 0 Å². The van der Waals surface area contributed by atoms with E-state index in [2.05, 4.69) is 51.0 Å². The van der Waals surface area contributed by atoms with E-state index < -0.39 is 13.9 Å². The molecule has 3 aromatic rings. The van der Waals surface area contributed by atoms with Crippen LogP contribution >= 0.6 is 0 Å². The first-order chi connectivity index (χ1) is 22.0. The van der Waals surface area contributed by atoms with Crippen molar-refractivity contribution in [2.24, 2.45) is 0 Å². The molecule has 0 radical (unpaired) electrons. The maximum Gasteiger partial charge on any atom is 0.410 e. The summed E-state index contributed by atoms with van der Waals surface area (Å²) in [6.07, 6.45) is 1.69. The number of rotatable bonds is 10. The molecule has 2 aromatic carbocycles. The quantitative estimate of drug-likeness (QED) is 0.203. The zero-order chi connectivity index (χ0) is 34.6. The molecule has 9 heteroatoms. The Bertz CT molecular complexity index is 1500. The van der Waals surface area contributed by atoms with Gasteiger partial charge in [0.2, 0.25) is 5.88 Å². The predicted molar refractivity (Wildman–Crippen MR) is 189 cm³/mol. The van der Waals surface area contributed by atoms with E-state index in [1.807, 2.05) is 80.3 Å². The van der Waals surface area contributed by atoms with Gasteiger partial charge in [-0.15, -0.1) is 0 Å². The second-order valence-electron chi connectivity index (χ2n) is 15.1. The van der Waals surface area contributed by atoms with Gasteiger partial charge in [-0.1, -0.05) is 69.3 Å². The summed E-state index contributed by atoms with van der Waals surface area (Å²) < 4.78 is 18.4. The third kappa shape index (κ3) is 9.23. The van der Waals surface area contributed by atoms with E-state index in [1.54, 1.807) is 25.1 Å². The molecule has 0 saturated carbocycles. The molecule has 1 aliphatic heterocycles. The highest BCUT2D eigenvalue weighted by molar-refractivity contribution is 6.74. The van der Waals surface area contributed by atoms with Gasteiger partial charge in [-0.05, 0) is 87.5 Å². The van der Waals surface area contributed by atoms with Crippen molar-refractivity contribution in [2.75, 3.05) is 14.2 Å². The van der Waals surface area contributed by atoms with Gasteiger partial charge in [0.1, 0.15) is 5.60 Å². The Morgan fingerprint density at radius 1 is 0.936 bits per heavy atom. The first kappa shape index (κ1) is 36.1. The van der Waals surface area contributed by atoms with Gasteiger partial charge in [-0.25, -0.2) is 9.78 Å². The largest absolute Gasteiger partial charge is 0.481 e. The van der Waals surface area contributed by atoms with Crippen LogP contribution in [0, 0.1) is 0 Å². The third-order valence-electron chi connectivity index (χ3n) is 9.26. The fraction of sp³-hybridized carbons (Fsp3) is 0.500. The number of nitrogens with zero attached hydrogens (tertiary/aromatic N) is 3. The number of amides is 2. The Morgan fingerprint density at radius 2 is 1.60 bits per heavy atom. The Kier molecular flexibility index (Phi) is 11.2. The monoisotopic (exact) mass is 659 g/mol. The lowest BCUT2D eigenvalue weighted by Crippen LogP contribution is -2.50. The van der Waals surface area contributed by atoms with E-state index in [0.717, 1.165) is 29.7 Å². The number of methoxy groups -OCH3 is 1. The highest BCUT2D eigenvalue weighted by Crippen LogP contribution is 2.44. The highest BCUT2D eigenvalue weighted by atomic mass is 28.4. The van der Waals surface area contributed by atoms with Crippen LogP contribution in [0.4, 0.5) is 4.79 Å². The standard InChI is InChI=1S/C38H53N3O5Si/c1-37(2,3)45-36(43)41-31(23-24-32(41)34(28-15-12-11-13-16-28)46-47(9,10)38(4,5)6)25-27-19-21-29(22-20-27)35(42)40(7)26-30-17-14-18-33(39-30)44-8/h11-22,31-32,34H,23-26H2,1-10H3/t31?,32?,34-/m1/s1. The van der Waals surface area contributed by atoms with Gasteiger partial charge < -0.3 is 18.8 Å². The van der Waals surface area contributed by atoms with Gasteiger partial charge in [0.05, 0.1) is 31.5 Å². The zero-order valence-electron chi connectivity index (χ0n) is 29.9. The predicted octanol–water partition coefficient (Wildman–Crippen LogP) is 8.44. The van der Waals surface area contributed by atoms with E-state index in [1.165, 1.54) is 0 Å². The summed E-state index contributed by atoms with van der Waals surface area (Å²) in [5.74, 6) is 0.426. The summed E-state index contributed by atoms with van der Waals surface area (Å²) >= 11 is 0. The molecular formula is C38H53N3O5Si. The maximum atomic E-state index is 14.0. The van der Waals surface area contributed by atoms with Crippen LogP contribution in [0.5, 0.6) is 5.88 Å². The molecule has 254 valence electrons. The summed E-state index contributed by atoms with van der Waals surface area (Å²) in [5, 5.41) is 0.00645. The number of likely N-dealkylation sites (tertiary alicyclic amines) is 1. The molecule has 2 unspecified atom stereocenters. The van der Waals surface area contributed by atoms with E-state index in [4.69, 9.17) is 13.9 Å². The van der Waals surface area contributed by atoms with E-state index in [0.29, 0.717) is 24.4 Å². The van der Waals surface area contributed by atoms with Crippen LogP contribution in [0.15, 0.2) is 72.8 Å². The number of hydrogen-bond acceptors (Lipinski definition) is 6. The van der Waals surface area contributed by atoms with Gasteiger partial charge in [0.25, 0.3) is 5.91 Å². The molecule has 0 N–H and O–H groups in total. The lowest BCUT2D eigenvalue weighted by molar-refractivity contribution is -0.00239. The van der Waals surface area contributed by atoms with Gasteiger partial charge in [0.15, 0.2) is 8.32 Å². The summed E-state index contributed by atoms with van der Waals surface area (Å²) in [6.45, 7) is 17.3. The van der Waals surface area contributed by atoms with Crippen molar-refractivity contribution in [3.8, 4) is 5.88 Å². The van der Waals surface area contributed by atoms with Gasteiger partial charge in [-0.3, -0.25) is 9.69 Å². The molecule has 1 fully saturated rings. The number of hydrogen-bond donors (Lipinski definition) is 0. The fourth-order valence-electron chi connectivity index (χ4n) is 5.76. The average Bonchev–Trinajstić information content (AvgIpc) is 3.42. The number of ether oxygens (including phenoxy) is 2. The molecule has 0 aliphatic carbocycles. The normalized spacial score (nSPS) is 17.7. The van der Waals surface area contributed by atoms with Crippen LogP contribution in [0.2, 0.25) is 18.1 Å². The van der Waals surface area contributed by atoms with Crippen molar-refractivity contribution in [2.45, 2.75) is 109 Å². The minimum absolute atomic E-state index is 0.00645. The van der Waals surface area contributed by atoms with Crippen LogP contribution in [-0.2, 0) is 22.1 Å². The van der Waals surface area contributed by atoms with Crippen molar-refractivity contribution in [3.63, 3.8) is 0 Å². The second-order valence-corrected chi connectivity index (χ2v) is 19.9. The van der Waals surface area contributed by atoms with Crippen molar-refractivity contribution < 1.29 is 23.5 Å². The second kappa shape index (κ2) is 14.6.